The Morgan fingerprint density at radius 2 is 2.13 bits per heavy atom. The minimum atomic E-state index is -4.26. The molecule has 10 heteroatoms. The van der Waals surface area contributed by atoms with Gasteiger partial charge in [0.05, 0.1) is 30.5 Å². The van der Waals surface area contributed by atoms with Crippen LogP contribution >= 0.6 is 0 Å². The maximum absolute atomic E-state index is 12.3. The van der Waals surface area contributed by atoms with Crippen molar-refractivity contribution in [2.24, 2.45) is 5.92 Å². The van der Waals surface area contributed by atoms with Crippen molar-refractivity contribution in [3.05, 3.63) is 41.9 Å². The Balaban J connectivity index is 1.44. The first-order chi connectivity index (χ1) is 14.8. The molecular formula is C21H22F3N5O2. The SMILES string of the molecule is Cc1cc(Cn2cc3c(NC(=O)CC4CC4)nccc3n2)cnc1OCCC(F)(F)F. The Hall–Kier alpha value is -3.17. The lowest BCUT2D eigenvalue weighted by Crippen LogP contribution is -2.14. The van der Waals surface area contributed by atoms with Crippen LogP contribution in [0.25, 0.3) is 10.9 Å². The normalized spacial score (nSPS) is 14.1. The Kier molecular flexibility index (Phi) is 5.79. The second kappa shape index (κ2) is 8.52. The summed E-state index contributed by atoms with van der Waals surface area (Å²) in [5.41, 5.74) is 2.17. The summed E-state index contributed by atoms with van der Waals surface area (Å²) in [6.45, 7) is 1.67. The van der Waals surface area contributed by atoms with Crippen molar-refractivity contribution in [1.29, 1.82) is 0 Å². The van der Waals surface area contributed by atoms with Gasteiger partial charge in [0.2, 0.25) is 11.8 Å². The van der Waals surface area contributed by atoms with E-state index in [2.05, 4.69) is 20.4 Å². The van der Waals surface area contributed by atoms with E-state index in [-0.39, 0.29) is 11.8 Å². The molecule has 31 heavy (non-hydrogen) atoms. The Bertz CT molecular complexity index is 1090. The number of aromatic nitrogens is 4. The van der Waals surface area contributed by atoms with Crippen molar-refractivity contribution in [3.8, 4) is 5.88 Å². The number of hydrogen-bond acceptors (Lipinski definition) is 5. The van der Waals surface area contributed by atoms with E-state index in [9.17, 15) is 18.0 Å². The fraction of sp³-hybridized carbons (Fsp3) is 0.429. The number of halogens is 3. The molecule has 0 radical (unpaired) electrons. The number of pyridine rings is 2. The molecule has 0 atom stereocenters. The summed E-state index contributed by atoms with van der Waals surface area (Å²) in [4.78, 5) is 20.6. The fourth-order valence-corrected chi connectivity index (χ4v) is 3.25. The summed E-state index contributed by atoms with van der Waals surface area (Å²) in [5, 5.41) is 8.13. The zero-order valence-electron chi connectivity index (χ0n) is 16.9. The average molecular weight is 433 g/mol. The number of fused-ring (bicyclic) bond motifs is 1. The maximum Gasteiger partial charge on any atom is 0.392 e. The Labute approximate surface area is 176 Å². The van der Waals surface area contributed by atoms with E-state index in [1.54, 1.807) is 42.3 Å². The minimum Gasteiger partial charge on any atom is -0.477 e. The first kappa shape index (κ1) is 21.1. The number of carbonyl (C=O) groups excluding carboxylic acids is 1. The van der Waals surface area contributed by atoms with Crippen LogP contribution < -0.4 is 10.1 Å². The summed E-state index contributed by atoms with van der Waals surface area (Å²) in [7, 11) is 0. The van der Waals surface area contributed by atoms with Crippen LogP contribution in [-0.4, -0.2) is 38.4 Å². The highest BCUT2D eigenvalue weighted by Crippen LogP contribution is 2.32. The number of rotatable bonds is 8. The molecule has 4 rings (SSSR count). The number of hydrogen-bond donors (Lipinski definition) is 1. The maximum atomic E-state index is 12.3. The first-order valence-corrected chi connectivity index (χ1v) is 10.0. The van der Waals surface area contributed by atoms with Crippen LogP contribution in [-0.2, 0) is 11.3 Å². The highest BCUT2D eigenvalue weighted by Gasteiger charge is 2.27. The predicted molar refractivity (Wildman–Crippen MR) is 108 cm³/mol. The molecule has 0 spiro atoms. The molecule has 0 aliphatic heterocycles. The Morgan fingerprint density at radius 3 is 2.84 bits per heavy atom. The van der Waals surface area contributed by atoms with Crippen LogP contribution in [0.15, 0.2) is 30.7 Å². The van der Waals surface area contributed by atoms with Gasteiger partial charge in [-0.1, -0.05) is 0 Å². The van der Waals surface area contributed by atoms with E-state index >= 15 is 0 Å². The fourth-order valence-electron chi connectivity index (χ4n) is 3.25. The van der Waals surface area contributed by atoms with Crippen molar-refractivity contribution in [3.63, 3.8) is 0 Å². The van der Waals surface area contributed by atoms with Crippen LogP contribution in [0.4, 0.5) is 19.0 Å². The second-order valence-corrected chi connectivity index (χ2v) is 7.79. The molecule has 1 aliphatic rings. The van der Waals surface area contributed by atoms with Crippen molar-refractivity contribution in [2.45, 2.75) is 45.3 Å². The lowest BCUT2D eigenvalue weighted by Gasteiger charge is -2.11. The average Bonchev–Trinajstić information content (AvgIpc) is 3.39. The number of carbonyl (C=O) groups is 1. The smallest absolute Gasteiger partial charge is 0.392 e. The number of anilines is 1. The van der Waals surface area contributed by atoms with Gasteiger partial charge in [0.1, 0.15) is 5.82 Å². The molecule has 7 nitrogen and oxygen atoms in total. The molecule has 0 saturated heterocycles. The van der Waals surface area contributed by atoms with E-state index in [4.69, 9.17) is 4.74 Å². The number of nitrogens with zero attached hydrogens (tertiary/aromatic N) is 4. The van der Waals surface area contributed by atoms with Crippen LogP contribution in [0.3, 0.4) is 0 Å². The van der Waals surface area contributed by atoms with E-state index in [1.807, 2.05) is 0 Å². The first-order valence-electron chi connectivity index (χ1n) is 10.0. The third-order valence-electron chi connectivity index (χ3n) is 4.97. The number of ether oxygens (including phenoxy) is 1. The minimum absolute atomic E-state index is 0.0452. The van der Waals surface area contributed by atoms with Gasteiger partial charge in [-0.05, 0) is 43.4 Å². The molecule has 1 saturated carbocycles. The topological polar surface area (TPSA) is 81.9 Å². The summed E-state index contributed by atoms with van der Waals surface area (Å²) >= 11 is 0. The molecule has 3 aromatic heterocycles. The largest absolute Gasteiger partial charge is 0.477 e. The lowest BCUT2D eigenvalue weighted by molar-refractivity contribution is -0.139. The van der Waals surface area contributed by atoms with Gasteiger partial charge in [-0.15, -0.1) is 0 Å². The quantitative estimate of drug-likeness (QED) is 0.574. The molecule has 1 amide bonds. The van der Waals surface area contributed by atoms with Gasteiger partial charge in [0.15, 0.2) is 0 Å². The molecule has 0 aromatic carbocycles. The molecule has 164 valence electrons. The van der Waals surface area contributed by atoms with Gasteiger partial charge in [0, 0.05) is 30.6 Å². The standard InChI is InChI=1S/C21H22F3N5O2/c1-13-8-15(10-26-20(13)31-7-5-21(22,23)24)11-29-12-16-17(28-29)4-6-25-19(16)27-18(30)9-14-2-3-14/h4,6,8,10,12,14H,2-3,5,7,9,11H2,1H3,(H,25,27,30). The van der Waals surface area contributed by atoms with Crippen molar-refractivity contribution >= 4 is 22.6 Å². The number of aryl methyl sites for hydroxylation is 1. The monoisotopic (exact) mass is 433 g/mol. The summed E-state index contributed by atoms with van der Waals surface area (Å²) < 4.78 is 43.7. The van der Waals surface area contributed by atoms with Gasteiger partial charge in [0.25, 0.3) is 0 Å². The third-order valence-corrected chi connectivity index (χ3v) is 4.97. The van der Waals surface area contributed by atoms with Crippen molar-refractivity contribution in [1.82, 2.24) is 19.7 Å². The molecule has 3 aromatic rings. The third kappa shape index (κ3) is 5.71. The van der Waals surface area contributed by atoms with Crippen LogP contribution in [0.5, 0.6) is 5.88 Å². The predicted octanol–water partition coefficient (Wildman–Crippen LogP) is 4.25. The zero-order valence-corrected chi connectivity index (χ0v) is 16.9. The molecule has 1 aliphatic carbocycles. The molecule has 0 unspecified atom stereocenters. The van der Waals surface area contributed by atoms with E-state index < -0.39 is 19.2 Å². The Morgan fingerprint density at radius 1 is 1.32 bits per heavy atom. The van der Waals surface area contributed by atoms with E-state index in [1.165, 1.54) is 0 Å². The molecule has 1 N–H and O–H groups in total. The molecule has 1 fully saturated rings. The second-order valence-electron chi connectivity index (χ2n) is 7.79. The van der Waals surface area contributed by atoms with Gasteiger partial charge >= 0.3 is 6.18 Å². The van der Waals surface area contributed by atoms with Crippen LogP contribution in [0.1, 0.15) is 36.8 Å². The van der Waals surface area contributed by atoms with Gasteiger partial charge in [-0.25, -0.2) is 9.97 Å². The van der Waals surface area contributed by atoms with Gasteiger partial charge < -0.3 is 10.1 Å². The van der Waals surface area contributed by atoms with Crippen molar-refractivity contribution in [2.75, 3.05) is 11.9 Å². The van der Waals surface area contributed by atoms with Crippen LogP contribution in [0, 0.1) is 12.8 Å². The lowest BCUT2D eigenvalue weighted by atomic mass is 10.2. The van der Waals surface area contributed by atoms with E-state index in [0.29, 0.717) is 35.8 Å². The molecule has 3 heterocycles. The highest BCUT2D eigenvalue weighted by atomic mass is 19.4. The number of alkyl halides is 3. The summed E-state index contributed by atoms with van der Waals surface area (Å²) in [6.07, 6.45) is 2.38. The van der Waals surface area contributed by atoms with Gasteiger partial charge in [-0.2, -0.15) is 18.3 Å². The highest BCUT2D eigenvalue weighted by molar-refractivity contribution is 5.99. The van der Waals surface area contributed by atoms with Gasteiger partial charge in [-0.3, -0.25) is 9.48 Å². The van der Waals surface area contributed by atoms with E-state index in [0.717, 1.165) is 23.8 Å². The molecular weight excluding hydrogens is 411 g/mol. The zero-order chi connectivity index (χ0) is 22.0. The number of nitrogens with one attached hydrogen (secondary N) is 1. The molecule has 0 bridgehead atoms. The summed E-state index contributed by atoms with van der Waals surface area (Å²) in [6, 6.07) is 3.57. The van der Waals surface area contributed by atoms with Crippen LogP contribution in [0.2, 0.25) is 0 Å². The number of amides is 1. The summed E-state index contributed by atoms with van der Waals surface area (Å²) in [5.74, 6) is 1.11. The van der Waals surface area contributed by atoms with Crippen molar-refractivity contribution < 1.29 is 22.7 Å².